The van der Waals surface area contributed by atoms with Crippen molar-refractivity contribution in [3.63, 3.8) is 0 Å². The molecule has 6 heteroatoms. The Labute approximate surface area is 341 Å². The second kappa shape index (κ2) is 12.5. The lowest BCUT2D eigenvalue weighted by atomic mass is 10.0. The standard InChI is InChI=1S/C53H32N4OS/c1-2-12-31(13-3-1)51-54-52(36-22-23-40-39-19-9-11-21-48(39)59-49(40)28-36)56-53(55-51)43-29-37(30-47-50(43)42-25-33-15-5-7-17-35(33)27-46(42)58-47)57-44-20-10-8-18-38(44)41-24-32-14-4-6-16-34(32)26-45(41)57/h1-30,51H,(H,54,55,56). The number of furan rings is 1. The molecule has 0 spiro atoms. The van der Waals surface area contributed by atoms with Gasteiger partial charge in [0, 0.05) is 58.9 Å². The molecule has 59 heavy (non-hydrogen) atoms. The Bertz CT molecular complexity index is 3780. The van der Waals surface area contributed by atoms with Crippen molar-refractivity contribution in [2.75, 3.05) is 0 Å². The summed E-state index contributed by atoms with van der Waals surface area (Å²) in [5.41, 5.74) is 7.89. The largest absolute Gasteiger partial charge is 0.456 e. The van der Waals surface area contributed by atoms with Gasteiger partial charge in [0.25, 0.3) is 0 Å². The van der Waals surface area contributed by atoms with Gasteiger partial charge in [-0.1, -0.05) is 127 Å². The van der Waals surface area contributed by atoms with Gasteiger partial charge in [0.15, 0.2) is 5.84 Å². The Hall–Kier alpha value is -7.54. The van der Waals surface area contributed by atoms with E-state index in [9.17, 15) is 0 Å². The zero-order chi connectivity index (χ0) is 38.6. The summed E-state index contributed by atoms with van der Waals surface area (Å²) in [4.78, 5) is 10.8. The Morgan fingerprint density at radius 1 is 0.508 bits per heavy atom. The molecule has 12 aromatic rings. The predicted molar refractivity (Wildman–Crippen MR) is 248 cm³/mol. The highest BCUT2D eigenvalue weighted by Crippen LogP contribution is 2.41. The fraction of sp³-hybridized carbons (Fsp3) is 0.0189. The maximum absolute atomic E-state index is 6.90. The molecule has 4 heterocycles. The van der Waals surface area contributed by atoms with Crippen molar-refractivity contribution in [3.05, 3.63) is 199 Å². The number of amidine groups is 2. The molecule has 13 rings (SSSR count). The van der Waals surface area contributed by atoms with Gasteiger partial charge < -0.3 is 14.3 Å². The van der Waals surface area contributed by atoms with Crippen molar-refractivity contribution in [3.8, 4) is 5.69 Å². The van der Waals surface area contributed by atoms with E-state index in [0.29, 0.717) is 5.84 Å². The van der Waals surface area contributed by atoms with Crippen LogP contribution in [0.4, 0.5) is 0 Å². The van der Waals surface area contributed by atoms with E-state index in [1.165, 1.54) is 41.7 Å². The van der Waals surface area contributed by atoms with Crippen LogP contribution in [-0.2, 0) is 0 Å². The summed E-state index contributed by atoms with van der Waals surface area (Å²) in [6, 6.07) is 65.0. The number of nitrogens with zero attached hydrogens (tertiary/aromatic N) is 3. The number of hydrogen-bond donors (Lipinski definition) is 1. The molecule has 9 aromatic carbocycles. The number of aliphatic imine (C=N–C) groups is 2. The van der Waals surface area contributed by atoms with Crippen LogP contribution in [0.5, 0.6) is 0 Å². The molecule has 1 N–H and O–H groups in total. The summed E-state index contributed by atoms with van der Waals surface area (Å²) in [6.07, 6.45) is -0.367. The van der Waals surface area contributed by atoms with Crippen LogP contribution in [0.1, 0.15) is 22.9 Å². The van der Waals surface area contributed by atoms with Crippen LogP contribution >= 0.6 is 11.3 Å². The van der Waals surface area contributed by atoms with E-state index in [1.807, 2.05) is 17.4 Å². The Morgan fingerprint density at radius 2 is 1.19 bits per heavy atom. The average molecular weight is 773 g/mol. The summed E-state index contributed by atoms with van der Waals surface area (Å²) in [5.74, 6) is 1.43. The van der Waals surface area contributed by atoms with E-state index in [1.54, 1.807) is 0 Å². The second-order valence-corrected chi connectivity index (χ2v) is 16.5. The predicted octanol–water partition coefficient (Wildman–Crippen LogP) is 13.9. The number of benzene rings is 9. The Kier molecular flexibility index (Phi) is 6.88. The number of para-hydroxylation sites is 1. The SMILES string of the molecule is c1ccc(C2N=C(c3ccc4c(c3)sc3ccccc34)N=C(c3cc(-n4c5ccccc5c5cc6ccccc6cc54)cc4oc5cc6ccccc6cc5c34)N2)cc1. The van der Waals surface area contributed by atoms with Crippen molar-refractivity contribution in [2.45, 2.75) is 6.17 Å². The van der Waals surface area contributed by atoms with Gasteiger partial charge in [0.2, 0.25) is 0 Å². The summed E-state index contributed by atoms with van der Waals surface area (Å²) >= 11 is 1.81. The lowest BCUT2D eigenvalue weighted by Gasteiger charge is -2.24. The third-order valence-corrected chi connectivity index (χ3v) is 13.1. The monoisotopic (exact) mass is 772 g/mol. The molecule has 0 fully saturated rings. The van der Waals surface area contributed by atoms with Crippen LogP contribution in [0.3, 0.4) is 0 Å². The molecule has 0 saturated carbocycles. The summed E-state index contributed by atoms with van der Waals surface area (Å²) in [7, 11) is 0. The maximum Gasteiger partial charge on any atom is 0.159 e. The third kappa shape index (κ3) is 5.03. The topological polar surface area (TPSA) is 54.8 Å². The zero-order valence-corrected chi connectivity index (χ0v) is 32.4. The van der Waals surface area contributed by atoms with Crippen LogP contribution in [0.2, 0.25) is 0 Å². The zero-order valence-electron chi connectivity index (χ0n) is 31.6. The molecule has 5 nitrogen and oxygen atoms in total. The fourth-order valence-electron chi connectivity index (χ4n) is 9.21. The van der Waals surface area contributed by atoms with Crippen molar-refractivity contribution >= 4 is 108 Å². The molecule has 0 amide bonds. The van der Waals surface area contributed by atoms with E-state index in [-0.39, 0.29) is 6.17 Å². The molecule has 0 radical (unpaired) electrons. The van der Waals surface area contributed by atoms with Gasteiger partial charge in [-0.05, 0) is 75.6 Å². The molecule has 0 bridgehead atoms. The number of nitrogens with one attached hydrogen (secondary N) is 1. The number of hydrogen-bond acceptors (Lipinski definition) is 5. The first-order valence-electron chi connectivity index (χ1n) is 19.9. The van der Waals surface area contributed by atoms with Crippen LogP contribution in [0.25, 0.3) is 91.1 Å². The van der Waals surface area contributed by atoms with Crippen molar-refractivity contribution in [2.24, 2.45) is 9.98 Å². The van der Waals surface area contributed by atoms with E-state index in [2.05, 4.69) is 186 Å². The minimum absolute atomic E-state index is 0.367. The van der Waals surface area contributed by atoms with Gasteiger partial charge in [-0.25, -0.2) is 9.98 Å². The first-order chi connectivity index (χ1) is 29.2. The molecule has 1 aliphatic rings. The van der Waals surface area contributed by atoms with Crippen LogP contribution in [0.15, 0.2) is 196 Å². The van der Waals surface area contributed by atoms with E-state index < -0.39 is 0 Å². The maximum atomic E-state index is 6.90. The van der Waals surface area contributed by atoms with Crippen molar-refractivity contribution in [1.29, 1.82) is 0 Å². The molecular weight excluding hydrogens is 741 g/mol. The molecule has 0 saturated heterocycles. The van der Waals surface area contributed by atoms with Gasteiger partial charge in [-0.3, -0.25) is 0 Å². The highest BCUT2D eigenvalue weighted by Gasteiger charge is 2.26. The Balaban J connectivity index is 1.10. The minimum atomic E-state index is -0.367. The molecule has 1 aliphatic heterocycles. The van der Waals surface area contributed by atoms with Crippen LogP contribution in [-0.4, -0.2) is 16.2 Å². The molecule has 0 aliphatic carbocycles. The van der Waals surface area contributed by atoms with Gasteiger partial charge in [0.05, 0.1) is 16.7 Å². The van der Waals surface area contributed by atoms with E-state index >= 15 is 0 Å². The van der Waals surface area contributed by atoms with Crippen LogP contribution < -0.4 is 5.32 Å². The normalized spacial score (nSPS) is 14.6. The smallest absolute Gasteiger partial charge is 0.159 e. The number of thiophene rings is 1. The van der Waals surface area contributed by atoms with Gasteiger partial charge >= 0.3 is 0 Å². The minimum Gasteiger partial charge on any atom is -0.456 e. The first-order valence-corrected chi connectivity index (χ1v) is 20.7. The summed E-state index contributed by atoms with van der Waals surface area (Å²) < 4.78 is 11.8. The molecule has 1 unspecified atom stereocenters. The van der Waals surface area contributed by atoms with Gasteiger partial charge in [-0.2, -0.15) is 0 Å². The molecule has 3 aromatic heterocycles. The number of aromatic nitrogens is 1. The molecular formula is C53H32N4OS. The summed E-state index contributed by atoms with van der Waals surface area (Å²) in [6.45, 7) is 0. The second-order valence-electron chi connectivity index (χ2n) is 15.4. The van der Waals surface area contributed by atoms with Gasteiger partial charge in [0.1, 0.15) is 23.2 Å². The van der Waals surface area contributed by atoms with Gasteiger partial charge in [-0.15, -0.1) is 11.3 Å². The van der Waals surface area contributed by atoms with Crippen molar-refractivity contribution < 1.29 is 4.42 Å². The lowest BCUT2D eigenvalue weighted by Crippen LogP contribution is -2.33. The third-order valence-electron chi connectivity index (χ3n) is 12.0. The first kappa shape index (κ1) is 32.5. The number of rotatable bonds is 4. The molecule has 1 atom stereocenters. The van der Waals surface area contributed by atoms with Crippen molar-refractivity contribution in [1.82, 2.24) is 9.88 Å². The molecule has 276 valence electrons. The lowest BCUT2D eigenvalue weighted by molar-refractivity contribution is 0.668. The highest BCUT2D eigenvalue weighted by atomic mass is 32.1. The quantitative estimate of drug-likeness (QED) is 0.194. The van der Waals surface area contributed by atoms with E-state index in [4.69, 9.17) is 14.4 Å². The fourth-order valence-corrected chi connectivity index (χ4v) is 10.4. The Morgan fingerprint density at radius 3 is 2.02 bits per heavy atom. The number of fused-ring (bicyclic) bond motifs is 11. The van der Waals surface area contributed by atoms with Crippen LogP contribution in [0, 0.1) is 0 Å². The summed E-state index contributed by atoms with van der Waals surface area (Å²) in [5, 5.41) is 15.5. The van der Waals surface area contributed by atoms with E-state index in [0.717, 1.165) is 72.0 Å². The highest BCUT2D eigenvalue weighted by molar-refractivity contribution is 7.25. The average Bonchev–Trinajstić information content (AvgIpc) is 3.95.